The molecule has 136 valence electrons. The van der Waals surface area contributed by atoms with Gasteiger partial charge in [-0.25, -0.2) is 0 Å². The summed E-state index contributed by atoms with van der Waals surface area (Å²) in [5, 5.41) is 9.15. The van der Waals surface area contributed by atoms with Gasteiger partial charge in [0.05, 0.1) is 17.4 Å². The first-order valence-corrected chi connectivity index (χ1v) is 9.29. The van der Waals surface area contributed by atoms with Crippen LogP contribution in [0.5, 0.6) is 5.75 Å². The maximum absolute atomic E-state index is 13.1. The number of para-hydroxylation sites is 1. The van der Waals surface area contributed by atoms with Crippen LogP contribution in [-0.4, -0.2) is 47.7 Å². The van der Waals surface area contributed by atoms with Crippen molar-refractivity contribution in [2.24, 2.45) is 0 Å². The quantitative estimate of drug-likeness (QED) is 0.892. The summed E-state index contributed by atoms with van der Waals surface area (Å²) in [4.78, 5) is 27.5. The molecule has 0 aliphatic carbocycles. The topological polar surface area (TPSA) is 76.1 Å². The molecule has 26 heavy (non-hydrogen) atoms. The van der Waals surface area contributed by atoms with Crippen LogP contribution in [0, 0.1) is 0 Å². The number of aliphatic carboxylic acids is 1. The summed E-state index contributed by atoms with van der Waals surface area (Å²) in [6, 6.07) is 9.32. The van der Waals surface area contributed by atoms with E-state index in [2.05, 4.69) is 0 Å². The number of carbonyl (C=O) groups is 2. The van der Waals surface area contributed by atoms with Crippen molar-refractivity contribution >= 4 is 23.2 Å². The molecule has 2 aliphatic heterocycles. The SMILES string of the molecule is COC1CC(CC(=O)O)N(C(=O)c2cc3c(s2)-c2ccccc2OC3)C1. The van der Waals surface area contributed by atoms with Crippen LogP contribution in [0.4, 0.5) is 0 Å². The predicted octanol–water partition coefficient (Wildman–Crippen LogP) is 3.01. The number of fused-ring (bicyclic) bond motifs is 3. The van der Waals surface area contributed by atoms with Crippen molar-refractivity contribution in [3.63, 3.8) is 0 Å². The Bertz CT molecular complexity index is 861. The molecule has 1 fully saturated rings. The second-order valence-corrected chi connectivity index (χ2v) is 7.60. The third-order valence-electron chi connectivity index (χ3n) is 4.92. The second-order valence-electron chi connectivity index (χ2n) is 6.55. The summed E-state index contributed by atoms with van der Waals surface area (Å²) >= 11 is 1.44. The zero-order chi connectivity index (χ0) is 18.3. The van der Waals surface area contributed by atoms with Gasteiger partial charge >= 0.3 is 5.97 Å². The van der Waals surface area contributed by atoms with Gasteiger partial charge in [-0.2, -0.15) is 0 Å². The van der Waals surface area contributed by atoms with Crippen molar-refractivity contribution in [3.05, 3.63) is 40.8 Å². The average molecular weight is 373 g/mol. The van der Waals surface area contributed by atoms with Crippen LogP contribution >= 0.6 is 11.3 Å². The fraction of sp³-hybridized carbons (Fsp3) is 0.368. The normalized spacial score (nSPS) is 21.0. The van der Waals surface area contributed by atoms with Crippen molar-refractivity contribution in [3.8, 4) is 16.2 Å². The molecule has 2 unspecified atom stereocenters. The lowest BCUT2D eigenvalue weighted by Crippen LogP contribution is -2.36. The molecule has 0 saturated carbocycles. The molecule has 1 aromatic heterocycles. The van der Waals surface area contributed by atoms with Crippen molar-refractivity contribution in [1.82, 2.24) is 4.90 Å². The lowest BCUT2D eigenvalue weighted by atomic mass is 10.1. The average Bonchev–Trinajstić information content (AvgIpc) is 3.24. The van der Waals surface area contributed by atoms with Gasteiger partial charge in [-0.05, 0) is 24.6 Å². The first kappa shape index (κ1) is 17.1. The molecule has 7 heteroatoms. The Morgan fingerprint density at radius 2 is 2.19 bits per heavy atom. The monoisotopic (exact) mass is 373 g/mol. The van der Waals surface area contributed by atoms with Crippen LogP contribution in [0.15, 0.2) is 30.3 Å². The third kappa shape index (κ3) is 2.97. The Labute approximate surface area is 155 Å². The zero-order valence-electron chi connectivity index (χ0n) is 14.3. The molecule has 1 aromatic carbocycles. The number of ether oxygens (including phenoxy) is 2. The molecule has 0 bridgehead atoms. The van der Waals surface area contributed by atoms with Gasteiger partial charge in [-0.3, -0.25) is 9.59 Å². The van der Waals surface area contributed by atoms with Gasteiger partial charge in [0.25, 0.3) is 5.91 Å². The molecule has 2 aliphatic rings. The first-order valence-electron chi connectivity index (χ1n) is 8.47. The lowest BCUT2D eigenvalue weighted by molar-refractivity contribution is -0.137. The zero-order valence-corrected chi connectivity index (χ0v) is 15.1. The minimum atomic E-state index is -0.905. The van der Waals surface area contributed by atoms with E-state index in [9.17, 15) is 9.59 Å². The largest absolute Gasteiger partial charge is 0.488 e. The molecule has 2 atom stereocenters. The minimum Gasteiger partial charge on any atom is -0.488 e. The highest BCUT2D eigenvalue weighted by atomic mass is 32.1. The van der Waals surface area contributed by atoms with Gasteiger partial charge in [0.1, 0.15) is 12.4 Å². The van der Waals surface area contributed by atoms with Gasteiger partial charge in [0, 0.05) is 35.7 Å². The number of hydrogen-bond acceptors (Lipinski definition) is 5. The maximum atomic E-state index is 13.1. The summed E-state index contributed by atoms with van der Waals surface area (Å²) in [6.45, 7) is 0.859. The number of thiophene rings is 1. The minimum absolute atomic E-state index is 0.0668. The van der Waals surface area contributed by atoms with E-state index in [0.29, 0.717) is 24.4 Å². The molecule has 6 nitrogen and oxygen atoms in total. The lowest BCUT2D eigenvalue weighted by Gasteiger charge is -2.22. The Balaban J connectivity index is 1.63. The molecule has 1 N–H and O–H groups in total. The van der Waals surface area contributed by atoms with Crippen molar-refractivity contribution < 1.29 is 24.2 Å². The van der Waals surface area contributed by atoms with Crippen molar-refractivity contribution in [2.45, 2.75) is 31.6 Å². The highest BCUT2D eigenvalue weighted by molar-refractivity contribution is 7.17. The van der Waals surface area contributed by atoms with Gasteiger partial charge in [0.15, 0.2) is 0 Å². The number of carbonyl (C=O) groups excluding carboxylic acids is 1. The number of amides is 1. The second kappa shape index (κ2) is 6.74. The van der Waals surface area contributed by atoms with Gasteiger partial charge in [-0.1, -0.05) is 12.1 Å². The van der Waals surface area contributed by atoms with Crippen LogP contribution in [0.3, 0.4) is 0 Å². The fourth-order valence-electron chi connectivity index (χ4n) is 3.63. The van der Waals surface area contributed by atoms with E-state index in [1.165, 1.54) is 11.3 Å². The Morgan fingerprint density at radius 1 is 1.38 bits per heavy atom. The molecule has 0 radical (unpaired) electrons. The van der Waals surface area contributed by atoms with Crippen LogP contribution in [0.2, 0.25) is 0 Å². The Kier molecular flexibility index (Phi) is 4.42. The summed E-state index contributed by atoms with van der Waals surface area (Å²) in [5.74, 6) is -0.213. The molecular weight excluding hydrogens is 354 g/mol. The Morgan fingerprint density at radius 3 is 2.96 bits per heavy atom. The fourth-order valence-corrected chi connectivity index (χ4v) is 4.79. The molecule has 0 spiro atoms. The van der Waals surface area contributed by atoms with E-state index in [-0.39, 0.29) is 24.5 Å². The van der Waals surface area contributed by atoms with E-state index in [4.69, 9.17) is 14.6 Å². The molecule has 4 rings (SSSR count). The van der Waals surface area contributed by atoms with Crippen LogP contribution in [0.25, 0.3) is 10.4 Å². The van der Waals surface area contributed by atoms with E-state index < -0.39 is 5.97 Å². The molecule has 1 amide bonds. The van der Waals surface area contributed by atoms with E-state index >= 15 is 0 Å². The van der Waals surface area contributed by atoms with Crippen molar-refractivity contribution in [2.75, 3.05) is 13.7 Å². The summed E-state index contributed by atoms with van der Waals surface area (Å²) in [7, 11) is 1.59. The number of likely N-dealkylation sites (tertiary alicyclic amines) is 1. The number of rotatable bonds is 4. The van der Waals surface area contributed by atoms with Gasteiger partial charge in [-0.15, -0.1) is 11.3 Å². The summed E-state index contributed by atoms with van der Waals surface area (Å²) in [6.07, 6.45) is 0.357. The number of methoxy groups -OCH3 is 1. The standard InChI is InChI=1S/C19H19NO5S/c1-24-13-7-12(8-17(21)22)20(9-13)19(23)16-6-11-10-25-15-5-3-2-4-14(15)18(11)26-16/h2-6,12-13H,7-10H2,1H3,(H,21,22). The number of benzene rings is 1. The van der Waals surface area contributed by atoms with Crippen LogP contribution < -0.4 is 4.74 Å². The highest BCUT2D eigenvalue weighted by Crippen LogP contribution is 2.43. The highest BCUT2D eigenvalue weighted by Gasteiger charge is 2.38. The van der Waals surface area contributed by atoms with Gasteiger partial charge in [0.2, 0.25) is 0 Å². The molecular formula is C19H19NO5S. The van der Waals surface area contributed by atoms with E-state index in [1.54, 1.807) is 12.0 Å². The summed E-state index contributed by atoms with van der Waals surface area (Å²) < 4.78 is 11.1. The molecule has 3 heterocycles. The van der Waals surface area contributed by atoms with Crippen LogP contribution in [-0.2, 0) is 16.1 Å². The third-order valence-corrected chi connectivity index (χ3v) is 6.11. The molecule has 2 aromatic rings. The molecule has 1 saturated heterocycles. The number of nitrogens with zero attached hydrogens (tertiary/aromatic N) is 1. The summed E-state index contributed by atoms with van der Waals surface area (Å²) in [5.41, 5.74) is 1.99. The number of hydrogen-bond donors (Lipinski definition) is 1. The van der Waals surface area contributed by atoms with E-state index in [1.807, 2.05) is 30.3 Å². The predicted molar refractivity (Wildman–Crippen MR) is 96.6 cm³/mol. The van der Waals surface area contributed by atoms with Crippen LogP contribution in [0.1, 0.15) is 28.1 Å². The van der Waals surface area contributed by atoms with Gasteiger partial charge < -0.3 is 19.5 Å². The van der Waals surface area contributed by atoms with E-state index in [0.717, 1.165) is 21.8 Å². The number of carboxylic acid groups (broad SMARTS) is 1. The number of carboxylic acids is 1. The maximum Gasteiger partial charge on any atom is 0.305 e. The Hall–Kier alpha value is -2.38. The first-order chi connectivity index (χ1) is 12.6. The smallest absolute Gasteiger partial charge is 0.305 e. The van der Waals surface area contributed by atoms with Crippen molar-refractivity contribution in [1.29, 1.82) is 0 Å².